The Bertz CT molecular complexity index is 1110. The second-order valence-electron chi connectivity index (χ2n) is 10.7. The van der Waals surface area contributed by atoms with E-state index >= 15 is 0 Å². The second-order valence-corrected chi connectivity index (χ2v) is 10.7. The van der Waals surface area contributed by atoms with Crippen LogP contribution in [0.4, 0.5) is 0 Å². The summed E-state index contributed by atoms with van der Waals surface area (Å²) in [4.78, 5) is 11.1. The van der Waals surface area contributed by atoms with Crippen LogP contribution >= 0.6 is 0 Å². The van der Waals surface area contributed by atoms with Crippen LogP contribution in [0.3, 0.4) is 0 Å². The van der Waals surface area contributed by atoms with E-state index in [1.54, 1.807) is 26.2 Å². The number of hydrogen-bond acceptors (Lipinski definition) is 7. The van der Waals surface area contributed by atoms with Gasteiger partial charge in [0.05, 0.1) is 12.0 Å². The topological polar surface area (TPSA) is 95.5 Å². The van der Waals surface area contributed by atoms with Gasteiger partial charge in [0.1, 0.15) is 5.60 Å². The van der Waals surface area contributed by atoms with E-state index in [1.165, 1.54) is 5.56 Å². The fourth-order valence-corrected chi connectivity index (χ4v) is 4.92. The van der Waals surface area contributed by atoms with Gasteiger partial charge in [-0.15, -0.1) is 0 Å². The summed E-state index contributed by atoms with van der Waals surface area (Å²) < 4.78 is 5.34. The molecule has 3 aromatic rings. The minimum Gasteiger partial charge on any atom is -0.390 e. The smallest absolute Gasteiger partial charge is 0.229 e. The lowest BCUT2D eigenvalue weighted by Crippen LogP contribution is -2.63. The highest BCUT2D eigenvalue weighted by atomic mass is 16.5. The van der Waals surface area contributed by atoms with Crippen LogP contribution in [-0.2, 0) is 12.0 Å². The molecule has 0 bridgehead atoms. The van der Waals surface area contributed by atoms with Crippen LogP contribution in [0.25, 0.3) is 11.4 Å². The van der Waals surface area contributed by atoms with E-state index in [2.05, 4.69) is 60.0 Å². The van der Waals surface area contributed by atoms with E-state index in [9.17, 15) is 10.2 Å². The molecule has 0 saturated carbocycles. The Morgan fingerprint density at radius 3 is 2.33 bits per heavy atom. The van der Waals surface area contributed by atoms with Crippen LogP contribution in [0.5, 0.6) is 0 Å². The third-order valence-corrected chi connectivity index (χ3v) is 6.57. The first-order valence-electron chi connectivity index (χ1n) is 11.4. The lowest BCUT2D eigenvalue weighted by molar-refractivity contribution is -0.127. The van der Waals surface area contributed by atoms with Crippen molar-refractivity contribution in [2.45, 2.75) is 58.2 Å². The van der Waals surface area contributed by atoms with Gasteiger partial charge in [0, 0.05) is 42.0 Å². The molecule has 0 unspecified atom stereocenters. The molecule has 1 aromatic carbocycles. The van der Waals surface area contributed by atoms with Crippen molar-refractivity contribution < 1.29 is 14.7 Å². The number of pyridine rings is 1. The maximum Gasteiger partial charge on any atom is 0.229 e. The molecule has 3 heterocycles. The molecule has 1 atom stereocenters. The zero-order valence-corrected chi connectivity index (χ0v) is 20.3. The van der Waals surface area contributed by atoms with E-state index in [-0.39, 0.29) is 11.8 Å². The fourth-order valence-electron chi connectivity index (χ4n) is 4.92. The van der Waals surface area contributed by atoms with Crippen LogP contribution in [0.1, 0.15) is 63.1 Å². The molecule has 7 nitrogen and oxygen atoms in total. The van der Waals surface area contributed by atoms with Gasteiger partial charge in [-0.2, -0.15) is 4.98 Å². The monoisotopic (exact) mass is 450 g/mol. The van der Waals surface area contributed by atoms with Crippen LogP contribution in [0, 0.1) is 5.41 Å². The fraction of sp³-hybridized carbons (Fsp3) is 0.500. The van der Waals surface area contributed by atoms with Crippen LogP contribution in [0.2, 0.25) is 0 Å². The van der Waals surface area contributed by atoms with Gasteiger partial charge >= 0.3 is 0 Å². The van der Waals surface area contributed by atoms with Crippen molar-refractivity contribution in [2.24, 2.45) is 5.41 Å². The largest absolute Gasteiger partial charge is 0.390 e. The van der Waals surface area contributed by atoms with Gasteiger partial charge in [-0.05, 0) is 44.0 Å². The molecule has 1 aliphatic rings. The van der Waals surface area contributed by atoms with Crippen molar-refractivity contribution in [1.29, 1.82) is 0 Å². The normalized spacial score (nSPS) is 18.2. The zero-order chi connectivity index (χ0) is 24.0. The lowest BCUT2D eigenvalue weighted by Gasteiger charge is -2.55. The van der Waals surface area contributed by atoms with E-state index < -0.39 is 11.2 Å². The molecule has 0 radical (unpaired) electrons. The Morgan fingerprint density at radius 1 is 1.09 bits per heavy atom. The molecule has 0 spiro atoms. The Balaban J connectivity index is 1.76. The summed E-state index contributed by atoms with van der Waals surface area (Å²) in [5, 5.41) is 26.5. The van der Waals surface area contributed by atoms with Crippen molar-refractivity contribution >= 4 is 0 Å². The standard InChI is InChI=1S/C26H34N4O3/c1-17(2)18-7-9-20(10-8-18)26(32,25(5)15-30(6)16-25)21-11-19(13-27-14-21)23-28-22(33-29-23)12-24(3,4)31/h7-11,13-14,17,31-32H,12,15-16H2,1-6H3/t26-/m0/s1. The summed E-state index contributed by atoms with van der Waals surface area (Å²) in [6.07, 6.45) is 3.64. The number of nitrogens with zero attached hydrogens (tertiary/aromatic N) is 4. The molecule has 4 rings (SSSR count). The van der Waals surface area contributed by atoms with Gasteiger partial charge in [-0.3, -0.25) is 4.98 Å². The number of aliphatic hydroxyl groups is 2. The molecular weight excluding hydrogens is 416 g/mol. The lowest BCUT2D eigenvalue weighted by atomic mass is 9.62. The Hall–Kier alpha value is -2.61. The number of rotatable bonds is 7. The van der Waals surface area contributed by atoms with Gasteiger partial charge < -0.3 is 19.6 Å². The quantitative estimate of drug-likeness (QED) is 0.566. The second kappa shape index (κ2) is 8.31. The number of likely N-dealkylation sites (tertiary alicyclic amines) is 1. The van der Waals surface area contributed by atoms with Gasteiger partial charge in [0.2, 0.25) is 11.7 Å². The van der Waals surface area contributed by atoms with Crippen molar-refractivity contribution in [2.75, 3.05) is 20.1 Å². The summed E-state index contributed by atoms with van der Waals surface area (Å²) in [5.74, 6) is 1.16. The van der Waals surface area contributed by atoms with E-state index in [0.717, 1.165) is 18.7 Å². The van der Waals surface area contributed by atoms with E-state index in [1.807, 2.05) is 18.2 Å². The van der Waals surface area contributed by atoms with E-state index in [4.69, 9.17) is 4.52 Å². The first kappa shape index (κ1) is 23.5. The van der Waals surface area contributed by atoms with Gasteiger partial charge in [0.15, 0.2) is 0 Å². The Labute approximate surface area is 195 Å². The molecule has 0 amide bonds. The molecule has 1 aliphatic heterocycles. The van der Waals surface area contributed by atoms with Crippen LogP contribution < -0.4 is 0 Å². The maximum atomic E-state index is 12.3. The molecule has 2 N–H and O–H groups in total. The van der Waals surface area contributed by atoms with Crippen LogP contribution in [0.15, 0.2) is 47.2 Å². The SMILES string of the molecule is CC(C)c1ccc([C@](O)(c2cncc(-c3noc(CC(C)(C)O)n3)c2)C2(C)CN(C)C2)cc1. The average molecular weight is 451 g/mol. The summed E-state index contributed by atoms with van der Waals surface area (Å²) >= 11 is 0. The molecule has 1 fully saturated rings. The average Bonchev–Trinajstić information content (AvgIpc) is 3.19. The summed E-state index contributed by atoms with van der Waals surface area (Å²) in [5.41, 5.74) is 0.861. The summed E-state index contributed by atoms with van der Waals surface area (Å²) in [6, 6.07) is 10.1. The van der Waals surface area contributed by atoms with Crippen molar-refractivity contribution in [1.82, 2.24) is 20.0 Å². The third-order valence-electron chi connectivity index (χ3n) is 6.57. The molecule has 33 heavy (non-hydrogen) atoms. The molecule has 2 aromatic heterocycles. The van der Waals surface area contributed by atoms with Gasteiger partial charge in [-0.1, -0.05) is 50.2 Å². The first-order valence-corrected chi connectivity index (χ1v) is 11.4. The minimum atomic E-state index is -1.24. The van der Waals surface area contributed by atoms with Crippen molar-refractivity contribution in [3.63, 3.8) is 0 Å². The van der Waals surface area contributed by atoms with Crippen molar-refractivity contribution in [3.8, 4) is 11.4 Å². The predicted octanol–water partition coefficient (Wildman–Crippen LogP) is 3.76. The summed E-state index contributed by atoms with van der Waals surface area (Å²) in [6.45, 7) is 11.4. The van der Waals surface area contributed by atoms with Crippen molar-refractivity contribution in [3.05, 3.63) is 65.3 Å². The molecular formula is C26H34N4O3. The molecule has 7 heteroatoms. The minimum absolute atomic E-state index is 0.254. The number of benzene rings is 1. The maximum absolute atomic E-state index is 12.3. The predicted molar refractivity (Wildman–Crippen MR) is 127 cm³/mol. The Morgan fingerprint density at radius 2 is 1.76 bits per heavy atom. The van der Waals surface area contributed by atoms with Gasteiger partial charge in [0.25, 0.3) is 0 Å². The first-order chi connectivity index (χ1) is 15.4. The highest BCUT2D eigenvalue weighted by molar-refractivity contribution is 5.56. The zero-order valence-electron chi connectivity index (χ0n) is 20.3. The highest BCUT2D eigenvalue weighted by Crippen LogP contribution is 2.50. The third kappa shape index (κ3) is 4.45. The number of hydrogen-bond donors (Lipinski definition) is 2. The summed E-state index contributed by atoms with van der Waals surface area (Å²) in [7, 11) is 2.06. The highest BCUT2D eigenvalue weighted by Gasteiger charge is 2.55. The van der Waals surface area contributed by atoms with E-state index in [0.29, 0.717) is 28.8 Å². The van der Waals surface area contributed by atoms with Crippen LogP contribution in [-0.4, -0.2) is 56.0 Å². The Kier molecular flexibility index (Phi) is 5.93. The molecule has 1 saturated heterocycles. The molecule has 0 aliphatic carbocycles. The molecule has 176 valence electrons. The number of aromatic nitrogens is 3. The van der Waals surface area contributed by atoms with Gasteiger partial charge in [-0.25, -0.2) is 0 Å².